The third-order valence-corrected chi connectivity index (χ3v) is 3.75. The Labute approximate surface area is 139 Å². The zero-order valence-corrected chi connectivity index (χ0v) is 14.9. The fraction of sp³-hybridized carbons (Fsp3) is 0.714. The van der Waals surface area contributed by atoms with Gasteiger partial charge in [0.05, 0.1) is 5.75 Å². The molecule has 0 aromatic carbocycles. The molecule has 0 aliphatic carbocycles. The van der Waals surface area contributed by atoms with Gasteiger partial charge in [-0.3, -0.25) is 4.79 Å². The first kappa shape index (κ1) is 19.3. The minimum Gasteiger partial charge on any atom is -0.444 e. The molecule has 0 aliphatic heterocycles. The highest BCUT2D eigenvalue weighted by atomic mass is 32.2. The molecular formula is C14H24N4O4S. The first-order valence-corrected chi connectivity index (χ1v) is 8.35. The number of nitrogens with zero attached hydrogens (tertiary/aromatic N) is 2. The maximum absolute atomic E-state index is 12.0. The Morgan fingerprint density at radius 1 is 1.39 bits per heavy atom. The number of thioether (sulfide) groups is 1. The molecule has 3 N–H and O–H groups in total. The van der Waals surface area contributed by atoms with E-state index in [0.717, 1.165) is 18.2 Å². The van der Waals surface area contributed by atoms with Crippen LogP contribution in [-0.2, 0) is 9.53 Å². The van der Waals surface area contributed by atoms with Crippen LogP contribution >= 0.6 is 11.8 Å². The molecule has 0 bridgehead atoms. The number of aromatic nitrogens is 2. The fourth-order valence-electron chi connectivity index (χ4n) is 1.65. The second-order valence-corrected chi connectivity index (χ2v) is 7.10. The lowest BCUT2D eigenvalue weighted by molar-refractivity contribution is -0.115. The molecule has 0 aliphatic rings. The van der Waals surface area contributed by atoms with Crippen molar-refractivity contribution in [1.82, 2.24) is 15.5 Å². The van der Waals surface area contributed by atoms with Gasteiger partial charge in [0, 0.05) is 0 Å². The molecule has 9 heteroatoms. The quantitative estimate of drug-likeness (QED) is 0.728. The van der Waals surface area contributed by atoms with E-state index < -0.39 is 23.6 Å². The summed E-state index contributed by atoms with van der Waals surface area (Å²) in [5.74, 6) is -0.0796. The van der Waals surface area contributed by atoms with E-state index >= 15 is 0 Å². The fourth-order valence-corrected chi connectivity index (χ4v) is 2.16. The van der Waals surface area contributed by atoms with Crippen LogP contribution in [0.15, 0.2) is 9.64 Å². The van der Waals surface area contributed by atoms with Crippen molar-refractivity contribution in [3.63, 3.8) is 0 Å². The molecule has 0 unspecified atom stereocenters. The lowest BCUT2D eigenvalue weighted by atomic mass is 9.99. The van der Waals surface area contributed by atoms with Crippen molar-refractivity contribution in [2.75, 3.05) is 5.75 Å². The van der Waals surface area contributed by atoms with Gasteiger partial charge in [-0.05, 0) is 26.7 Å². The van der Waals surface area contributed by atoms with Gasteiger partial charge < -0.3 is 20.2 Å². The second-order valence-electron chi connectivity index (χ2n) is 6.17. The summed E-state index contributed by atoms with van der Waals surface area (Å²) in [7, 11) is 0. The Bertz CT molecular complexity index is 541. The predicted octanol–water partition coefficient (Wildman–Crippen LogP) is 2.26. The first-order valence-electron chi connectivity index (χ1n) is 7.36. The normalized spacial score (nSPS) is 14.1. The molecule has 0 radical (unpaired) electrons. The molecule has 2 amide bonds. The van der Waals surface area contributed by atoms with Crippen LogP contribution in [0, 0.1) is 5.92 Å². The summed E-state index contributed by atoms with van der Waals surface area (Å²) in [6.07, 6.45) is 0.249. The van der Waals surface area contributed by atoms with Crippen LogP contribution in [0.3, 0.4) is 0 Å². The molecule has 23 heavy (non-hydrogen) atoms. The Morgan fingerprint density at radius 3 is 2.57 bits per heavy atom. The van der Waals surface area contributed by atoms with Crippen LogP contribution in [0.2, 0.25) is 0 Å². The number of carbonyl (C=O) groups excluding carboxylic acids is 2. The second kappa shape index (κ2) is 8.19. The molecule has 0 spiro atoms. The Balaban J connectivity index is 2.82. The molecule has 1 aromatic rings. The number of alkyl carbamates (subject to hydrolysis) is 1. The molecule has 1 heterocycles. The van der Waals surface area contributed by atoms with Gasteiger partial charge in [0.2, 0.25) is 11.8 Å². The van der Waals surface area contributed by atoms with Gasteiger partial charge >= 0.3 is 6.09 Å². The number of ether oxygens (including phenoxy) is 1. The summed E-state index contributed by atoms with van der Waals surface area (Å²) < 4.78 is 10.8. The number of carbonyl (C=O) groups is 2. The monoisotopic (exact) mass is 344 g/mol. The van der Waals surface area contributed by atoms with Crippen LogP contribution < -0.4 is 11.1 Å². The third kappa shape index (κ3) is 6.89. The maximum Gasteiger partial charge on any atom is 0.408 e. The van der Waals surface area contributed by atoms with Gasteiger partial charge in [-0.25, -0.2) is 4.79 Å². The van der Waals surface area contributed by atoms with E-state index in [-0.39, 0.29) is 22.8 Å². The third-order valence-electron chi connectivity index (χ3n) is 2.91. The number of amides is 2. The number of rotatable bonds is 7. The summed E-state index contributed by atoms with van der Waals surface area (Å²) in [6, 6.07) is -0.467. The minimum atomic E-state index is -0.596. The summed E-state index contributed by atoms with van der Waals surface area (Å²) in [5, 5.41) is 10.8. The van der Waals surface area contributed by atoms with Crippen molar-refractivity contribution in [3.05, 3.63) is 5.89 Å². The molecule has 130 valence electrons. The van der Waals surface area contributed by atoms with E-state index in [4.69, 9.17) is 14.9 Å². The van der Waals surface area contributed by atoms with E-state index in [1.54, 1.807) is 20.8 Å². The lowest BCUT2D eigenvalue weighted by Crippen LogP contribution is -2.37. The number of nitrogens with two attached hydrogens (primary N) is 1. The Hall–Kier alpha value is -1.77. The van der Waals surface area contributed by atoms with E-state index in [9.17, 15) is 9.59 Å². The van der Waals surface area contributed by atoms with Crippen molar-refractivity contribution >= 4 is 23.8 Å². The molecule has 0 saturated heterocycles. The summed E-state index contributed by atoms with van der Waals surface area (Å²) in [6.45, 7) is 9.32. The largest absolute Gasteiger partial charge is 0.444 e. The van der Waals surface area contributed by atoms with Gasteiger partial charge in [-0.2, -0.15) is 0 Å². The zero-order chi connectivity index (χ0) is 17.6. The SMILES string of the molecule is CC[C@@H](C)[C@H](NC(=O)OC(C)(C)C)c1nnc(SCC(N)=O)o1. The van der Waals surface area contributed by atoms with Crippen molar-refractivity contribution in [1.29, 1.82) is 0 Å². The van der Waals surface area contributed by atoms with Crippen molar-refractivity contribution in [3.8, 4) is 0 Å². The molecule has 1 rings (SSSR count). The van der Waals surface area contributed by atoms with Crippen molar-refractivity contribution in [2.24, 2.45) is 11.7 Å². The standard InChI is InChI=1S/C14H24N4O4S/c1-6-8(2)10(16-12(20)22-14(3,4)5)11-17-18-13(21-11)23-7-9(15)19/h8,10H,6-7H2,1-5H3,(H2,15,19)(H,16,20)/t8-,10+/m1/s1. The van der Waals surface area contributed by atoms with Crippen LogP contribution in [0.1, 0.15) is 53.0 Å². The van der Waals surface area contributed by atoms with E-state index in [0.29, 0.717) is 0 Å². The van der Waals surface area contributed by atoms with Crippen LogP contribution in [0.25, 0.3) is 0 Å². The van der Waals surface area contributed by atoms with E-state index in [2.05, 4.69) is 15.5 Å². The lowest BCUT2D eigenvalue weighted by Gasteiger charge is -2.24. The first-order chi connectivity index (χ1) is 10.6. The molecule has 1 aromatic heterocycles. The highest BCUT2D eigenvalue weighted by Gasteiger charge is 2.28. The predicted molar refractivity (Wildman–Crippen MR) is 85.8 cm³/mol. The van der Waals surface area contributed by atoms with Crippen molar-refractivity contribution < 1.29 is 18.7 Å². The summed E-state index contributed by atoms with van der Waals surface area (Å²) >= 11 is 1.06. The number of hydrogen-bond donors (Lipinski definition) is 2. The van der Waals surface area contributed by atoms with Crippen LogP contribution in [-0.4, -0.2) is 33.6 Å². The van der Waals surface area contributed by atoms with E-state index in [1.165, 1.54) is 0 Å². The van der Waals surface area contributed by atoms with Gasteiger partial charge in [-0.15, -0.1) is 10.2 Å². The average molecular weight is 344 g/mol. The van der Waals surface area contributed by atoms with Gasteiger partial charge in [0.1, 0.15) is 11.6 Å². The number of primary amides is 1. The minimum absolute atomic E-state index is 0.0507. The van der Waals surface area contributed by atoms with E-state index in [1.807, 2.05) is 13.8 Å². The Morgan fingerprint density at radius 2 is 2.04 bits per heavy atom. The maximum atomic E-state index is 12.0. The van der Waals surface area contributed by atoms with Gasteiger partial charge in [0.25, 0.3) is 5.22 Å². The van der Waals surface area contributed by atoms with Crippen molar-refractivity contribution in [2.45, 2.75) is 57.9 Å². The molecule has 2 atom stereocenters. The zero-order valence-electron chi connectivity index (χ0n) is 14.1. The molecule has 0 saturated carbocycles. The Kier molecular flexibility index (Phi) is 6.86. The van der Waals surface area contributed by atoms with Gasteiger partial charge in [0.15, 0.2) is 0 Å². The van der Waals surface area contributed by atoms with Crippen LogP contribution in [0.5, 0.6) is 0 Å². The highest BCUT2D eigenvalue weighted by molar-refractivity contribution is 7.99. The smallest absolute Gasteiger partial charge is 0.408 e. The number of hydrogen-bond acceptors (Lipinski definition) is 7. The molecule has 8 nitrogen and oxygen atoms in total. The highest BCUT2D eigenvalue weighted by Crippen LogP contribution is 2.26. The number of nitrogens with one attached hydrogen (secondary N) is 1. The molecule has 0 fully saturated rings. The summed E-state index contributed by atoms with van der Waals surface area (Å²) in [4.78, 5) is 22.8. The molecular weight excluding hydrogens is 320 g/mol. The average Bonchev–Trinajstić information content (AvgIpc) is 2.88. The summed E-state index contributed by atoms with van der Waals surface area (Å²) in [5.41, 5.74) is 4.48. The van der Waals surface area contributed by atoms with Crippen LogP contribution in [0.4, 0.5) is 4.79 Å². The van der Waals surface area contributed by atoms with Gasteiger partial charge in [-0.1, -0.05) is 32.0 Å². The topological polar surface area (TPSA) is 120 Å².